The van der Waals surface area contributed by atoms with Crippen LogP contribution in [-0.4, -0.2) is 16.1 Å². The van der Waals surface area contributed by atoms with Gasteiger partial charge in [0.05, 0.1) is 0 Å². The Kier molecular flexibility index (Phi) is 5.47. The van der Waals surface area contributed by atoms with Gasteiger partial charge in [-0.15, -0.1) is 10.2 Å². The summed E-state index contributed by atoms with van der Waals surface area (Å²) in [6, 6.07) is 7.45. The first-order chi connectivity index (χ1) is 9.60. The summed E-state index contributed by atoms with van der Waals surface area (Å²) in [5.41, 5.74) is 0.634. The lowest BCUT2D eigenvalue weighted by atomic mass is 10.1. The highest BCUT2D eigenvalue weighted by Gasteiger charge is 2.13. The van der Waals surface area contributed by atoms with E-state index in [0.29, 0.717) is 16.6 Å². The molecule has 2 rings (SSSR count). The van der Waals surface area contributed by atoms with Crippen LogP contribution in [0.25, 0.3) is 0 Å². The number of hydrogen-bond acceptors (Lipinski definition) is 4. The Morgan fingerprint density at radius 2 is 2.25 bits per heavy atom. The number of carbonyl (C=O) groups excluding carboxylic acids is 1. The number of carbonyl (C=O) groups is 1. The van der Waals surface area contributed by atoms with E-state index in [9.17, 15) is 4.79 Å². The molecule has 1 unspecified atom stereocenters. The minimum atomic E-state index is -0.144. The molecule has 0 saturated carbocycles. The summed E-state index contributed by atoms with van der Waals surface area (Å²) in [5, 5.41) is 12.5. The van der Waals surface area contributed by atoms with Crippen LogP contribution in [-0.2, 0) is 0 Å². The topological polar surface area (TPSA) is 54.9 Å². The second kappa shape index (κ2) is 7.12. The van der Waals surface area contributed by atoms with E-state index in [4.69, 9.17) is 0 Å². The van der Waals surface area contributed by atoms with E-state index in [2.05, 4.69) is 52.0 Å². The second-order valence-corrected chi connectivity index (χ2v) is 6.85. The Morgan fingerprint density at radius 1 is 1.45 bits per heavy atom. The average molecular weight is 401 g/mol. The Balaban J connectivity index is 2.05. The molecule has 0 aliphatic rings. The van der Waals surface area contributed by atoms with Crippen LogP contribution in [0, 0.1) is 3.57 Å². The first kappa shape index (κ1) is 15.4. The Labute approximate surface area is 136 Å². The Hall–Kier alpha value is -1.02. The van der Waals surface area contributed by atoms with Gasteiger partial charge in [0.1, 0.15) is 5.01 Å². The van der Waals surface area contributed by atoms with Crippen molar-refractivity contribution in [2.24, 2.45) is 0 Å². The summed E-state index contributed by atoms with van der Waals surface area (Å²) >= 11 is 3.64. The van der Waals surface area contributed by atoms with Crippen LogP contribution >= 0.6 is 33.9 Å². The molecule has 1 aromatic carbocycles. The van der Waals surface area contributed by atoms with Crippen molar-refractivity contribution in [2.45, 2.75) is 32.6 Å². The number of halogens is 1. The predicted octanol–water partition coefficient (Wildman–Crippen LogP) is 4.30. The van der Waals surface area contributed by atoms with Crippen molar-refractivity contribution in [3.05, 3.63) is 38.4 Å². The molecule has 1 atom stereocenters. The highest BCUT2D eigenvalue weighted by molar-refractivity contribution is 14.1. The van der Waals surface area contributed by atoms with Crippen LogP contribution in [0.1, 0.15) is 48.0 Å². The number of anilines is 1. The third-order valence-corrected chi connectivity index (χ3v) is 4.63. The normalized spacial score (nSPS) is 12.2. The summed E-state index contributed by atoms with van der Waals surface area (Å²) in [6.07, 6.45) is 2.20. The molecule has 2 aromatic rings. The molecule has 0 fully saturated rings. The van der Waals surface area contributed by atoms with Crippen molar-refractivity contribution in [3.8, 4) is 0 Å². The lowest BCUT2D eigenvalue weighted by Crippen LogP contribution is -2.11. The molecular formula is C14H16IN3OS. The van der Waals surface area contributed by atoms with Gasteiger partial charge in [-0.25, -0.2) is 0 Å². The predicted molar refractivity (Wildman–Crippen MR) is 90.3 cm³/mol. The fourth-order valence-electron chi connectivity index (χ4n) is 1.84. The van der Waals surface area contributed by atoms with Crippen molar-refractivity contribution >= 4 is 45.0 Å². The van der Waals surface area contributed by atoms with Crippen molar-refractivity contribution in [3.63, 3.8) is 0 Å². The van der Waals surface area contributed by atoms with Crippen LogP contribution < -0.4 is 5.32 Å². The summed E-state index contributed by atoms with van der Waals surface area (Å²) < 4.78 is 1.03. The lowest BCUT2D eigenvalue weighted by Gasteiger charge is -2.03. The summed E-state index contributed by atoms with van der Waals surface area (Å²) in [4.78, 5) is 12.1. The fourth-order valence-corrected chi connectivity index (χ4v) is 3.21. The maximum Gasteiger partial charge on any atom is 0.257 e. The van der Waals surface area contributed by atoms with Crippen LogP contribution in [0.5, 0.6) is 0 Å². The molecule has 0 bridgehead atoms. The van der Waals surface area contributed by atoms with Gasteiger partial charge < -0.3 is 0 Å². The van der Waals surface area contributed by atoms with Crippen molar-refractivity contribution < 1.29 is 4.79 Å². The van der Waals surface area contributed by atoms with Gasteiger partial charge in [-0.1, -0.05) is 37.7 Å². The van der Waals surface area contributed by atoms with Gasteiger partial charge in [-0.3, -0.25) is 10.1 Å². The van der Waals surface area contributed by atoms with Crippen LogP contribution in [0.2, 0.25) is 0 Å². The number of nitrogens with zero attached hydrogens (tertiary/aromatic N) is 2. The number of amides is 1. The third kappa shape index (κ3) is 3.99. The third-order valence-electron chi connectivity index (χ3n) is 2.89. The minimum Gasteiger partial charge on any atom is -0.296 e. The molecule has 1 N–H and O–H groups in total. The number of nitrogens with one attached hydrogen (secondary N) is 1. The Bertz CT molecular complexity index is 600. The van der Waals surface area contributed by atoms with Gasteiger partial charge in [0.15, 0.2) is 0 Å². The van der Waals surface area contributed by atoms with Crippen LogP contribution in [0.4, 0.5) is 5.13 Å². The maximum atomic E-state index is 12.1. The number of rotatable bonds is 5. The molecule has 6 heteroatoms. The average Bonchev–Trinajstić information content (AvgIpc) is 2.87. The number of hydrogen-bond donors (Lipinski definition) is 1. The molecule has 1 heterocycles. The largest absolute Gasteiger partial charge is 0.296 e. The first-order valence-corrected chi connectivity index (χ1v) is 8.40. The van der Waals surface area contributed by atoms with Gasteiger partial charge in [0.2, 0.25) is 5.13 Å². The number of benzene rings is 1. The molecule has 1 aromatic heterocycles. The molecule has 0 spiro atoms. The maximum absolute atomic E-state index is 12.1. The zero-order valence-electron chi connectivity index (χ0n) is 11.4. The summed E-state index contributed by atoms with van der Waals surface area (Å²) in [6.45, 7) is 4.28. The lowest BCUT2D eigenvalue weighted by molar-refractivity contribution is 0.102. The molecule has 106 valence electrons. The highest BCUT2D eigenvalue weighted by Crippen LogP contribution is 2.26. The van der Waals surface area contributed by atoms with E-state index in [1.165, 1.54) is 11.3 Å². The van der Waals surface area contributed by atoms with Gasteiger partial charge >= 0.3 is 0 Å². The quantitative estimate of drug-likeness (QED) is 0.761. The van der Waals surface area contributed by atoms with E-state index in [1.807, 2.05) is 18.2 Å². The van der Waals surface area contributed by atoms with E-state index in [1.54, 1.807) is 6.07 Å². The molecular weight excluding hydrogens is 385 g/mol. The second-order valence-electron chi connectivity index (χ2n) is 4.60. The van der Waals surface area contributed by atoms with Gasteiger partial charge in [-0.05, 0) is 47.2 Å². The highest BCUT2D eigenvalue weighted by atomic mass is 127. The van der Waals surface area contributed by atoms with Crippen LogP contribution in [0.3, 0.4) is 0 Å². The zero-order valence-corrected chi connectivity index (χ0v) is 14.4. The zero-order chi connectivity index (χ0) is 14.5. The fraction of sp³-hybridized carbons (Fsp3) is 0.357. The summed E-state index contributed by atoms with van der Waals surface area (Å²) in [5.74, 6) is 0.246. The first-order valence-electron chi connectivity index (χ1n) is 6.50. The summed E-state index contributed by atoms with van der Waals surface area (Å²) in [7, 11) is 0. The SMILES string of the molecule is CCCC(C)c1nnc(NC(=O)c2cccc(I)c2)s1. The van der Waals surface area contributed by atoms with Crippen molar-refractivity contribution in [2.75, 3.05) is 5.32 Å². The van der Waals surface area contributed by atoms with E-state index in [0.717, 1.165) is 21.4 Å². The van der Waals surface area contributed by atoms with Gasteiger partial charge in [-0.2, -0.15) is 0 Å². The van der Waals surface area contributed by atoms with E-state index in [-0.39, 0.29) is 5.91 Å². The molecule has 0 radical (unpaired) electrons. The standard InChI is InChI=1S/C14H16IN3OS/c1-3-5-9(2)13-17-18-14(20-13)16-12(19)10-6-4-7-11(15)8-10/h4,6-9H,3,5H2,1-2H3,(H,16,18,19). The monoisotopic (exact) mass is 401 g/mol. The van der Waals surface area contributed by atoms with E-state index >= 15 is 0 Å². The van der Waals surface area contributed by atoms with Gasteiger partial charge in [0, 0.05) is 15.1 Å². The van der Waals surface area contributed by atoms with Crippen molar-refractivity contribution in [1.29, 1.82) is 0 Å². The molecule has 20 heavy (non-hydrogen) atoms. The van der Waals surface area contributed by atoms with Gasteiger partial charge in [0.25, 0.3) is 5.91 Å². The number of aromatic nitrogens is 2. The molecule has 1 amide bonds. The molecule has 4 nitrogen and oxygen atoms in total. The van der Waals surface area contributed by atoms with Crippen LogP contribution in [0.15, 0.2) is 24.3 Å². The van der Waals surface area contributed by atoms with Crippen molar-refractivity contribution in [1.82, 2.24) is 10.2 Å². The molecule has 0 saturated heterocycles. The molecule has 0 aliphatic carbocycles. The smallest absolute Gasteiger partial charge is 0.257 e. The Morgan fingerprint density at radius 3 is 2.95 bits per heavy atom. The van der Waals surface area contributed by atoms with E-state index < -0.39 is 0 Å². The minimum absolute atomic E-state index is 0.144. The molecule has 0 aliphatic heterocycles.